The van der Waals surface area contributed by atoms with Crippen molar-refractivity contribution >= 4 is 0 Å². The molecule has 0 amide bonds. The molecule has 0 radical (unpaired) electrons. The van der Waals surface area contributed by atoms with E-state index in [2.05, 4.69) is 5.32 Å². The topological polar surface area (TPSA) is 12.0 Å². The van der Waals surface area contributed by atoms with E-state index in [1.807, 2.05) is 24.3 Å². The molecule has 1 fully saturated rings. The maximum Gasteiger partial charge on any atom is 0.249 e. The molecule has 0 aliphatic carbocycles. The zero-order chi connectivity index (χ0) is 12.3. The molecule has 1 aliphatic rings. The van der Waals surface area contributed by atoms with Crippen LogP contribution in [0, 0.1) is 0 Å². The SMILES string of the molecule is CC(F)(F)Cc1ccccc1C1CCCNC1. The van der Waals surface area contributed by atoms with Gasteiger partial charge in [-0.05, 0) is 43.4 Å². The summed E-state index contributed by atoms with van der Waals surface area (Å²) in [6.07, 6.45) is 2.07. The van der Waals surface area contributed by atoms with Gasteiger partial charge in [-0.25, -0.2) is 8.78 Å². The number of nitrogens with one attached hydrogen (secondary N) is 1. The van der Waals surface area contributed by atoms with Crippen molar-refractivity contribution in [2.45, 2.75) is 38.0 Å². The monoisotopic (exact) mass is 239 g/mol. The molecule has 1 unspecified atom stereocenters. The van der Waals surface area contributed by atoms with Crippen molar-refractivity contribution in [2.75, 3.05) is 13.1 Å². The minimum atomic E-state index is -2.63. The van der Waals surface area contributed by atoms with Crippen LogP contribution < -0.4 is 5.32 Å². The fourth-order valence-electron chi connectivity index (χ4n) is 2.55. The highest BCUT2D eigenvalue weighted by Gasteiger charge is 2.25. The van der Waals surface area contributed by atoms with Gasteiger partial charge in [0.25, 0.3) is 0 Å². The van der Waals surface area contributed by atoms with Gasteiger partial charge in [-0.3, -0.25) is 0 Å². The molecule has 94 valence electrons. The smallest absolute Gasteiger partial charge is 0.249 e. The van der Waals surface area contributed by atoms with Crippen molar-refractivity contribution in [3.05, 3.63) is 35.4 Å². The molecule has 1 atom stereocenters. The number of hydrogen-bond acceptors (Lipinski definition) is 1. The second-order valence-corrected chi connectivity index (χ2v) is 4.99. The van der Waals surface area contributed by atoms with Gasteiger partial charge in [-0.15, -0.1) is 0 Å². The third-order valence-corrected chi connectivity index (χ3v) is 3.29. The molecule has 0 aromatic heterocycles. The lowest BCUT2D eigenvalue weighted by Crippen LogP contribution is -2.29. The van der Waals surface area contributed by atoms with E-state index < -0.39 is 5.92 Å². The van der Waals surface area contributed by atoms with E-state index in [1.165, 1.54) is 0 Å². The quantitative estimate of drug-likeness (QED) is 0.853. The van der Waals surface area contributed by atoms with Gasteiger partial charge < -0.3 is 5.32 Å². The number of rotatable bonds is 3. The highest BCUT2D eigenvalue weighted by atomic mass is 19.3. The molecular formula is C14H19F2N. The van der Waals surface area contributed by atoms with Gasteiger partial charge in [0.1, 0.15) is 0 Å². The fourth-order valence-corrected chi connectivity index (χ4v) is 2.55. The van der Waals surface area contributed by atoms with E-state index >= 15 is 0 Å². The molecule has 1 nitrogen and oxygen atoms in total. The Hall–Kier alpha value is -0.960. The molecule has 0 bridgehead atoms. The van der Waals surface area contributed by atoms with Gasteiger partial charge in [0.05, 0.1) is 0 Å². The first kappa shape index (κ1) is 12.5. The Bertz CT molecular complexity index is 365. The first-order valence-corrected chi connectivity index (χ1v) is 6.22. The maximum atomic E-state index is 13.1. The molecule has 1 N–H and O–H groups in total. The Labute approximate surface area is 101 Å². The number of hydrogen-bond donors (Lipinski definition) is 1. The third-order valence-electron chi connectivity index (χ3n) is 3.29. The van der Waals surface area contributed by atoms with Gasteiger partial charge in [0, 0.05) is 13.0 Å². The summed E-state index contributed by atoms with van der Waals surface area (Å²) >= 11 is 0. The van der Waals surface area contributed by atoms with Crippen molar-refractivity contribution < 1.29 is 8.78 Å². The van der Waals surface area contributed by atoms with Crippen LogP contribution in [0.25, 0.3) is 0 Å². The average Bonchev–Trinajstić information content (AvgIpc) is 2.29. The molecule has 1 saturated heterocycles. The van der Waals surface area contributed by atoms with E-state index in [9.17, 15) is 8.78 Å². The van der Waals surface area contributed by atoms with Crippen LogP contribution >= 0.6 is 0 Å². The third kappa shape index (κ3) is 3.50. The number of benzene rings is 1. The Morgan fingerprint density at radius 1 is 1.35 bits per heavy atom. The van der Waals surface area contributed by atoms with Crippen LogP contribution in [-0.4, -0.2) is 19.0 Å². The largest absolute Gasteiger partial charge is 0.316 e. The molecule has 2 rings (SSSR count). The molecule has 0 saturated carbocycles. The maximum absolute atomic E-state index is 13.1. The summed E-state index contributed by atoms with van der Waals surface area (Å²) in [6.45, 7) is 2.94. The van der Waals surface area contributed by atoms with Crippen LogP contribution in [0.1, 0.15) is 36.8 Å². The second kappa shape index (κ2) is 5.13. The van der Waals surface area contributed by atoms with Gasteiger partial charge in [-0.2, -0.15) is 0 Å². The van der Waals surface area contributed by atoms with Crippen molar-refractivity contribution in [3.8, 4) is 0 Å². The number of piperidine rings is 1. The summed E-state index contributed by atoms with van der Waals surface area (Å²) in [5.41, 5.74) is 1.90. The first-order chi connectivity index (χ1) is 8.06. The Kier molecular flexibility index (Phi) is 3.77. The molecule has 17 heavy (non-hydrogen) atoms. The lowest BCUT2D eigenvalue weighted by Gasteiger charge is -2.26. The molecule has 1 heterocycles. The molecule has 1 aliphatic heterocycles. The van der Waals surface area contributed by atoms with E-state index in [-0.39, 0.29) is 6.42 Å². The number of halogens is 2. The summed E-state index contributed by atoms with van der Waals surface area (Å²) in [4.78, 5) is 0. The first-order valence-electron chi connectivity index (χ1n) is 6.22. The minimum Gasteiger partial charge on any atom is -0.316 e. The highest BCUT2D eigenvalue weighted by molar-refractivity contribution is 5.32. The molecule has 0 spiro atoms. The van der Waals surface area contributed by atoms with Gasteiger partial charge in [-0.1, -0.05) is 24.3 Å². The Balaban J connectivity index is 2.20. The summed E-state index contributed by atoms with van der Waals surface area (Å²) in [7, 11) is 0. The summed E-state index contributed by atoms with van der Waals surface area (Å²) in [5.74, 6) is -2.24. The van der Waals surface area contributed by atoms with Gasteiger partial charge >= 0.3 is 0 Å². The van der Waals surface area contributed by atoms with Crippen LogP contribution in [0.15, 0.2) is 24.3 Å². The zero-order valence-electron chi connectivity index (χ0n) is 10.2. The van der Waals surface area contributed by atoms with Crippen LogP contribution in [0.4, 0.5) is 8.78 Å². The molecule has 3 heteroatoms. The summed E-state index contributed by atoms with van der Waals surface area (Å²) < 4.78 is 26.3. The minimum absolute atomic E-state index is 0.153. The van der Waals surface area contributed by atoms with Crippen molar-refractivity contribution in [2.24, 2.45) is 0 Å². The van der Waals surface area contributed by atoms with Gasteiger partial charge in [0.15, 0.2) is 0 Å². The standard InChI is InChI=1S/C14H19F2N/c1-14(15,16)9-11-5-2-3-7-13(11)12-6-4-8-17-10-12/h2-3,5,7,12,17H,4,6,8-10H2,1H3. The van der Waals surface area contributed by atoms with Crippen LogP contribution in [0.3, 0.4) is 0 Å². The normalized spacial score (nSPS) is 21.5. The van der Waals surface area contributed by atoms with E-state index in [1.54, 1.807) is 0 Å². The second-order valence-electron chi connectivity index (χ2n) is 4.99. The van der Waals surface area contributed by atoms with Crippen LogP contribution in [-0.2, 0) is 6.42 Å². The predicted octanol–water partition coefficient (Wildman–Crippen LogP) is 3.35. The summed E-state index contributed by atoms with van der Waals surface area (Å²) in [5, 5.41) is 3.34. The van der Waals surface area contributed by atoms with Crippen LogP contribution in [0.5, 0.6) is 0 Å². The number of alkyl halides is 2. The predicted molar refractivity (Wildman–Crippen MR) is 65.6 cm³/mol. The Morgan fingerprint density at radius 2 is 2.12 bits per heavy atom. The average molecular weight is 239 g/mol. The van der Waals surface area contributed by atoms with Crippen molar-refractivity contribution in [1.29, 1.82) is 0 Å². The van der Waals surface area contributed by atoms with Crippen molar-refractivity contribution in [1.82, 2.24) is 5.32 Å². The fraction of sp³-hybridized carbons (Fsp3) is 0.571. The van der Waals surface area contributed by atoms with E-state index in [4.69, 9.17) is 0 Å². The summed E-state index contributed by atoms with van der Waals surface area (Å²) in [6, 6.07) is 7.63. The zero-order valence-corrected chi connectivity index (χ0v) is 10.2. The van der Waals surface area contributed by atoms with E-state index in [0.29, 0.717) is 5.92 Å². The lowest BCUT2D eigenvalue weighted by molar-refractivity contribution is 0.0223. The van der Waals surface area contributed by atoms with Crippen LogP contribution in [0.2, 0.25) is 0 Å². The van der Waals surface area contributed by atoms with E-state index in [0.717, 1.165) is 44.0 Å². The molecule has 1 aromatic rings. The lowest BCUT2D eigenvalue weighted by atomic mass is 9.87. The highest BCUT2D eigenvalue weighted by Crippen LogP contribution is 2.29. The molecule has 1 aromatic carbocycles. The Morgan fingerprint density at radius 3 is 2.76 bits per heavy atom. The van der Waals surface area contributed by atoms with Crippen molar-refractivity contribution in [3.63, 3.8) is 0 Å². The molecular weight excluding hydrogens is 220 g/mol. The van der Waals surface area contributed by atoms with Gasteiger partial charge in [0.2, 0.25) is 5.92 Å².